The lowest BCUT2D eigenvalue weighted by atomic mass is 10.0. The van der Waals surface area contributed by atoms with Crippen LogP contribution in [0.25, 0.3) is 89.2 Å². The van der Waals surface area contributed by atoms with Gasteiger partial charge in [-0.15, -0.1) is 0 Å². The van der Waals surface area contributed by atoms with Gasteiger partial charge in [0.15, 0.2) is 5.82 Å². The number of hydrogen-bond donors (Lipinski definition) is 0. The van der Waals surface area contributed by atoms with E-state index in [1.807, 2.05) is 66.7 Å². The van der Waals surface area contributed by atoms with Crippen LogP contribution in [0.2, 0.25) is 0 Å². The Hall–Kier alpha value is -6.14. The minimum absolute atomic E-state index is 0.494. The van der Waals surface area contributed by atoms with Crippen molar-refractivity contribution in [3.8, 4) is 45.2 Å². The molecular weight excluding hydrogens is 544 g/mol. The molecule has 4 heterocycles. The Morgan fingerprint density at radius 1 is 0.432 bits per heavy atom. The number of rotatable bonds is 4. The van der Waals surface area contributed by atoms with Gasteiger partial charge in [-0.05, 0) is 47.5 Å². The third-order valence-electron chi connectivity index (χ3n) is 8.06. The van der Waals surface area contributed by atoms with Gasteiger partial charge in [0.2, 0.25) is 5.71 Å². The summed E-state index contributed by atoms with van der Waals surface area (Å²) in [6, 6.07) is 42.9. The number of hydrogen-bond acceptors (Lipinski definition) is 6. The molecule has 6 nitrogen and oxygen atoms in total. The van der Waals surface area contributed by atoms with Crippen molar-refractivity contribution in [1.29, 1.82) is 0 Å². The van der Waals surface area contributed by atoms with Crippen LogP contribution >= 0.6 is 0 Å². The summed E-state index contributed by atoms with van der Waals surface area (Å²) in [5, 5.41) is 3.88. The number of furan rings is 2. The van der Waals surface area contributed by atoms with E-state index in [2.05, 4.69) is 65.6 Å². The molecule has 0 amide bonds. The first-order valence-corrected chi connectivity index (χ1v) is 14.4. The normalized spacial score (nSPS) is 11.6. The van der Waals surface area contributed by atoms with Crippen LogP contribution in [0, 0.1) is 0 Å². The van der Waals surface area contributed by atoms with E-state index in [1.54, 1.807) is 0 Å². The van der Waals surface area contributed by atoms with Gasteiger partial charge >= 0.3 is 0 Å². The Bertz CT molecular complexity index is 2440. The predicted molar refractivity (Wildman–Crippen MR) is 174 cm³/mol. The second kappa shape index (κ2) is 9.71. The quantitative estimate of drug-likeness (QED) is 0.211. The largest absolute Gasteiger partial charge is 0.456 e. The third-order valence-corrected chi connectivity index (χ3v) is 8.06. The highest BCUT2D eigenvalue weighted by atomic mass is 16.3. The zero-order valence-electron chi connectivity index (χ0n) is 23.3. The van der Waals surface area contributed by atoms with E-state index in [1.165, 1.54) is 6.33 Å². The number of fused-ring (bicyclic) bond motifs is 6. The molecule has 0 atom stereocenters. The van der Waals surface area contributed by atoms with Crippen LogP contribution in [0.15, 0.2) is 143 Å². The van der Waals surface area contributed by atoms with E-state index < -0.39 is 0 Å². The maximum absolute atomic E-state index is 6.32. The zero-order chi connectivity index (χ0) is 29.0. The van der Waals surface area contributed by atoms with E-state index in [4.69, 9.17) is 23.8 Å². The number of aromatic nitrogens is 4. The molecule has 44 heavy (non-hydrogen) atoms. The van der Waals surface area contributed by atoms with E-state index in [9.17, 15) is 0 Å². The number of benzene rings is 5. The molecule has 9 aromatic rings. The van der Waals surface area contributed by atoms with Gasteiger partial charge in [-0.2, -0.15) is 0 Å². The fourth-order valence-electron chi connectivity index (χ4n) is 5.93. The van der Waals surface area contributed by atoms with Crippen LogP contribution in [-0.4, -0.2) is 19.9 Å². The highest BCUT2D eigenvalue weighted by Gasteiger charge is 2.19. The average Bonchev–Trinajstić information content (AvgIpc) is 3.66. The molecule has 0 radical (unpaired) electrons. The van der Waals surface area contributed by atoms with E-state index >= 15 is 0 Å². The molecule has 9 rings (SSSR count). The van der Waals surface area contributed by atoms with E-state index in [0.717, 1.165) is 71.9 Å². The van der Waals surface area contributed by atoms with Gasteiger partial charge in [-0.25, -0.2) is 19.9 Å². The molecule has 0 N–H and O–H groups in total. The summed E-state index contributed by atoms with van der Waals surface area (Å²) in [5.41, 5.74) is 9.34. The van der Waals surface area contributed by atoms with E-state index in [-0.39, 0.29) is 0 Å². The van der Waals surface area contributed by atoms with Crippen LogP contribution < -0.4 is 0 Å². The first-order valence-electron chi connectivity index (χ1n) is 14.4. The van der Waals surface area contributed by atoms with Gasteiger partial charge in [-0.1, -0.05) is 91.0 Å². The topological polar surface area (TPSA) is 77.8 Å². The van der Waals surface area contributed by atoms with Crippen molar-refractivity contribution in [2.24, 2.45) is 0 Å². The summed E-state index contributed by atoms with van der Waals surface area (Å²) in [6.07, 6.45) is 1.51. The molecule has 0 aliphatic heterocycles. The Morgan fingerprint density at radius 2 is 1.09 bits per heavy atom. The lowest BCUT2D eigenvalue weighted by molar-refractivity contribution is 0.653. The molecule has 0 bridgehead atoms. The van der Waals surface area contributed by atoms with Gasteiger partial charge in [0.1, 0.15) is 28.8 Å². The second-order valence-electron chi connectivity index (χ2n) is 10.7. The van der Waals surface area contributed by atoms with Crippen LogP contribution in [-0.2, 0) is 0 Å². The van der Waals surface area contributed by atoms with Gasteiger partial charge in [-0.3, -0.25) is 0 Å². The molecule has 0 unspecified atom stereocenters. The molecular formula is C38H22N4O2. The summed E-state index contributed by atoms with van der Waals surface area (Å²) in [4.78, 5) is 19.2. The monoisotopic (exact) mass is 566 g/mol. The summed E-state index contributed by atoms with van der Waals surface area (Å²) < 4.78 is 12.4. The van der Waals surface area contributed by atoms with Gasteiger partial charge in [0.05, 0.1) is 16.8 Å². The summed E-state index contributed by atoms with van der Waals surface area (Å²) in [7, 11) is 0. The van der Waals surface area contributed by atoms with Crippen LogP contribution in [0.3, 0.4) is 0 Å². The summed E-state index contributed by atoms with van der Waals surface area (Å²) in [6.45, 7) is 0. The van der Waals surface area contributed by atoms with Crippen molar-refractivity contribution >= 4 is 44.0 Å². The maximum atomic E-state index is 6.32. The molecule has 5 aromatic carbocycles. The first kappa shape index (κ1) is 24.5. The summed E-state index contributed by atoms with van der Waals surface area (Å²) in [5.74, 6) is 0.515. The van der Waals surface area contributed by atoms with Gasteiger partial charge in [0, 0.05) is 27.3 Å². The van der Waals surface area contributed by atoms with Crippen LogP contribution in [0.5, 0.6) is 0 Å². The Morgan fingerprint density at radius 3 is 1.86 bits per heavy atom. The predicted octanol–water partition coefficient (Wildman–Crippen LogP) is 9.73. The lowest BCUT2D eigenvalue weighted by Crippen LogP contribution is -1.98. The fraction of sp³-hybridized carbons (Fsp3) is 0. The average molecular weight is 567 g/mol. The summed E-state index contributed by atoms with van der Waals surface area (Å²) >= 11 is 0. The molecule has 0 fully saturated rings. The highest BCUT2D eigenvalue weighted by Crippen LogP contribution is 2.38. The SMILES string of the molecule is c1ccc(-c2cc(-c3ccccc3)nc(-c3ncnc4oc5cc(-c6ccc7oc8ccccc8c7c6)ccc5c34)n2)cc1. The third kappa shape index (κ3) is 3.96. The molecule has 4 aromatic heterocycles. The highest BCUT2D eigenvalue weighted by molar-refractivity contribution is 6.11. The molecule has 6 heteroatoms. The molecule has 0 aliphatic carbocycles. The van der Waals surface area contributed by atoms with E-state index in [0.29, 0.717) is 17.2 Å². The Balaban J connectivity index is 1.21. The molecule has 0 spiro atoms. The molecule has 0 saturated carbocycles. The minimum Gasteiger partial charge on any atom is -0.456 e. The smallest absolute Gasteiger partial charge is 0.231 e. The number of para-hydroxylation sites is 1. The molecule has 0 aliphatic rings. The Kier molecular flexibility index (Phi) is 5.40. The van der Waals surface area contributed by atoms with Crippen molar-refractivity contribution < 1.29 is 8.83 Å². The van der Waals surface area contributed by atoms with Crippen molar-refractivity contribution in [1.82, 2.24) is 19.9 Å². The first-order chi connectivity index (χ1) is 21.8. The fourth-order valence-corrected chi connectivity index (χ4v) is 5.93. The van der Waals surface area contributed by atoms with Crippen molar-refractivity contribution in [2.75, 3.05) is 0 Å². The standard InChI is InChI=1S/C38H22N4O2/c1-3-9-23(10-4-1)30-21-31(24-11-5-2-6-12-24)42-37(41-30)36-35-28-17-15-26(20-34(28)44-38(35)40-22-39-36)25-16-18-33-29(19-25)27-13-7-8-14-32(27)43-33/h1-22H. The maximum Gasteiger partial charge on any atom is 0.231 e. The lowest BCUT2D eigenvalue weighted by Gasteiger charge is -2.09. The van der Waals surface area contributed by atoms with Crippen molar-refractivity contribution in [3.63, 3.8) is 0 Å². The van der Waals surface area contributed by atoms with Gasteiger partial charge in [0.25, 0.3) is 0 Å². The van der Waals surface area contributed by atoms with Gasteiger partial charge < -0.3 is 8.83 Å². The van der Waals surface area contributed by atoms with Crippen LogP contribution in [0.4, 0.5) is 0 Å². The van der Waals surface area contributed by atoms with Crippen molar-refractivity contribution in [3.05, 3.63) is 134 Å². The van der Waals surface area contributed by atoms with Crippen molar-refractivity contribution in [2.45, 2.75) is 0 Å². The molecule has 206 valence electrons. The Labute approximate surface area is 251 Å². The molecule has 0 saturated heterocycles. The zero-order valence-corrected chi connectivity index (χ0v) is 23.3. The number of nitrogens with zero attached hydrogens (tertiary/aromatic N) is 4. The van der Waals surface area contributed by atoms with Crippen LogP contribution in [0.1, 0.15) is 0 Å². The second-order valence-corrected chi connectivity index (χ2v) is 10.7. The minimum atomic E-state index is 0.494.